The fourth-order valence-electron chi connectivity index (χ4n) is 4.42. The van der Waals surface area contributed by atoms with E-state index < -0.39 is 0 Å². The molecule has 5 heteroatoms. The van der Waals surface area contributed by atoms with E-state index >= 15 is 0 Å². The highest BCUT2D eigenvalue weighted by Crippen LogP contribution is 2.44. The van der Waals surface area contributed by atoms with E-state index in [1.54, 1.807) is 6.07 Å². The van der Waals surface area contributed by atoms with Gasteiger partial charge in [-0.2, -0.15) is 0 Å². The van der Waals surface area contributed by atoms with E-state index in [1.165, 1.54) is 12.1 Å². The van der Waals surface area contributed by atoms with Crippen molar-refractivity contribution in [3.05, 3.63) is 35.6 Å². The van der Waals surface area contributed by atoms with E-state index in [0.29, 0.717) is 24.8 Å². The van der Waals surface area contributed by atoms with Crippen LogP contribution in [0.2, 0.25) is 0 Å². The molecular weight excluding hydrogens is 319 g/mol. The molecule has 4 nitrogen and oxygen atoms in total. The molecule has 2 saturated heterocycles. The van der Waals surface area contributed by atoms with Crippen LogP contribution < -0.4 is 0 Å². The monoisotopic (exact) mass is 344 g/mol. The number of hydrogen-bond donors (Lipinski definition) is 0. The number of hydrogen-bond acceptors (Lipinski definition) is 2. The zero-order valence-corrected chi connectivity index (χ0v) is 14.7. The van der Waals surface area contributed by atoms with Crippen molar-refractivity contribution in [2.24, 2.45) is 17.3 Å². The Morgan fingerprint density at radius 3 is 2.68 bits per heavy atom. The van der Waals surface area contributed by atoms with E-state index in [1.807, 2.05) is 15.9 Å². The summed E-state index contributed by atoms with van der Waals surface area (Å²) in [5, 5.41) is 0. The van der Waals surface area contributed by atoms with Crippen LogP contribution in [0.5, 0.6) is 0 Å². The van der Waals surface area contributed by atoms with Crippen LogP contribution in [0.25, 0.3) is 0 Å². The lowest BCUT2D eigenvalue weighted by Gasteiger charge is -2.39. The van der Waals surface area contributed by atoms with Crippen molar-refractivity contribution >= 4 is 11.8 Å². The fraction of sp³-hybridized carbons (Fsp3) is 0.600. The van der Waals surface area contributed by atoms with Gasteiger partial charge in [0, 0.05) is 43.9 Å². The molecule has 2 aliphatic heterocycles. The Morgan fingerprint density at radius 2 is 2.04 bits per heavy atom. The van der Waals surface area contributed by atoms with Gasteiger partial charge in [0.05, 0.1) is 0 Å². The number of piperidine rings is 1. The summed E-state index contributed by atoms with van der Waals surface area (Å²) in [7, 11) is 0. The van der Waals surface area contributed by atoms with Gasteiger partial charge in [-0.05, 0) is 42.9 Å². The number of carbonyl (C=O) groups is 2. The maximum Gasteiger partial charge on any atom is 0.225 e. The first-order chi connectivity index (χ1) is 12.0. The normalized spacial score (nSPS) is 27.8. The second-order valence-electron chi connectivity index (χ2n) is 8.20. The predicted octanol–water partition coefficient (Wildman–Crippen LogP) is 2.82. The Bertz CT molecular complexity index is 697. The quantitative estimate of drug-likeness (QED) is 0.846. The molecule has 2 heterocycles. The summed E-state index contributed by atoms with van der Waals surface area (Å²) in [5.41, 5.74) is 0.830. The Balaban J connectivity index is 1.36. The number of benzene rings is 1. The molecule has 0 N–H and O–H groups in total. The summed E-state index contributed by atoms with van der Waals surface area (Å²) in [6.45, 7) is 4.87. The Labute approximate surface area is 148 Å². The van der Waals surface area contributed by atoms with Crippen LogP contribution >= 0.6 is 0 Å². The van der Waals surface area contributed by atoms with E-state index in [0.717, 1.165) is 44.5 Å². The van der Waals surface area contributed by atoms with Crippen molar-refractivity contribution < 1.29 is 14.0 Å². The van der Waals surface area contributed by atoms with Crippen LogP contribution in [0.4, 0.5) is 4.39 Å². The Hall–Kier alpha value is -1.91. The van der Waals surface area contributed by atoms with Gasteiger partial charge in [-0.15, -0.1) is 0 Å². The number of nitrogens with zero attached hydrogens (tertiary/aromatic N) is 2. The summed E-state index contributed by atoms with van der Waals surface area (Å²) in [5.74, 6) is 0.977. The van der Waals surface area contributed by atoms with Crippen LogP contribution in [0.1, 0.15) is 38.2 Å². The van der Waals surface area contributed by atoms with Crippen LogP contribution in [-0.4, -0.2) is 41.2 Å². The second-order valence-corrected chi connectivity index (χ2v) is 8.20. The molecule has 0 radical (unpaired) electrons. The SMILES string of the molecule is C[C@H]1C[C@H]1C(=O)N1CCC2(CC1)CC(=O)N(Cc1cccc(F)c1)C2. The van der Waals surface area contributed by atoms with Gasteiger partial charge in [0.25, 0.3) is 0 Å². The standard InChI is InChI=1S/C20H25FN2O2/c1-14-9-17(14)19(25)22-7-5-20(6-8-22)11-18(24)23(13-20)12-15-3-2-4-16(21)10-15/h2-4,10,14,17H,5-9,11-13H2,1H3/t14-,17+/m0/s1. The van der Waals surface area contributed by atoms with Crippen molar-refractivity contribution in [3.63, 3.8) is 0 Å². The zero-order valence-electron chi connectivity index (χ0n) is 14.7. The minimum absolute atomic E-state index is 0.00362. The molecule has 1 spiro atoms. The second kappa shape index (κ2) is 6.11. The maximum absolute atomic E-state index is 13.4. The summed E-state index contributed by atoms with van der Waals surface area (Å²) in [6, 6.07) is 6.46. The van der Waals surface area contributed by atoms with Crippen LogP contribution in [0.3, 0.4) is 0 Å². The lowest BCUT2D eigenvalue weighted by Crippen LogP contribution is -2.45. The lowest BCUT2D eigenvalue weighted by molar-refractivity contribution is -0.135. The van der Waals surface area contributed by atoms with Crippen molar-refractivity contribution in [1.82, 2.24) is 9.80 Å². The number of rotatable bonds is 3. The third-order valence-corrected chi connectivity index (χ3v) is 6.23. The van der Waals surface area contributed by atoms with Gasteiger partial charge in [-0.3, -0.25) is 9.59 Å². The number of halogens is 1. The largest absolute Gasteiger partial charge is 0.342 e. The highest BCUT2D eigenvalue weighted by molar-refractivity contribution is 5.82. The molecule has 1 aromatic carbocycles. The minimum Gasteiger partial charge on any atom is -0.342 e. The van der Waals surface area contributed by atoms with Gasteiger partial charge in [-0.25, -0.2) is 4.39 Å². The van der Waals surface area contributed by atoms with Crippen LogP contribution in [0, 0.1) is 23.1 Å². The molecular formula is C20H25FN2O2. The van der Waals surface area contributed by atoms with E-state index in [4.69, 9.17) is 0 Å². The van der Waals surface area contributed by atoms with E-state index in [2.05, 4.69) is 6.92 Å². The molecule has 25 heavy (non-hydrogen) atoms. The Morgan fingerprint density at radius 1 is 1.32 bits per heavy atom. The van der Waals surface area contributed by atoms with Gasteiger partial charge < -0.3 is 9.80 Å². The zero-order chi connectivity index (χ0) is 17.6. The van der Waals surface area contributed by atoms with Crippen LogP contribution in [-0.2, 0) is 16.1 Å². The highest BCUT2D eigenvalue weighted by Gasteiger charge is 2.47. The lowest BCUT2D eigenvalue weighted by atomic mass is 9.77. The topological polar surface area (TPSA) is 40.6 Å². The van der Waals surface area contributed by atoms with Crippen molar-refractivity contribution in [2.45, 2.75) is 39.2 Å². The van der Waals surface area contributed by atoms with Crippen molar-refractivity contribution in [1.29, 1.82) is 0 Å². The smallest absolute Gasteiger partial charge is 0.225 e. The number of carbonyl (C=O) groups excluding carboxylic acids is 2. The summed E-state index contributed by atoms with van der Waals surface area (Å²) in [4.78, 5) is 28.7. The molecule has 134 valence electrons. The van der Waals surface area contributed by atoms with Gasteiger partial charge in [-0.1, -0.05) is 19.1 Å². The molecule has 3 fully saturated rings. The van der Waals surface area contributed by atoms with Gasteiger partial charge in [0.2, 0.25) is 11.8 Å². The molecule has 1 saturated carbocycles. The number of amides is 2. The predicted molar refractivity (Wildman–Crippen MR) is 92.0 cm³/mol. The van der Waals surface area contributed by atoms with Crippen LogP contribution in [0.15, 0.2) is 24.3 Å². The first-order valence-corrected chi connectivity index (χ1v) is 9.27. The summed E-state index contributed by atoms with van der Waals surface area (Å²) in [6.07, 6.45) is 3.38. The fourth-order valence-corrected chi connectivity index (χ4v) is 4.42. The molecule has 0 aromatic heterocycles. The molecule has 1 aromatic rings. The van der Waals surface area contributed by atoms with Crippen molar-refractivity contribution in [3.8, 4) is 0 Å². The molecule has 2 atom stereocenters. The molecule has 0 unspecified atom stereocenters. The minimum atomic E-state index is -0.264. The molecule has 3 aliphatic rings. The van der Waals surface area contributed by atoms with Crippen molar-refractivity contribution in [2.75, 3.05) is 19.6 Å². The van der Waals surface area contributed by atoms with Gasteiger partial charge in [0.1, 0.15) is 5.82 Å². The number of likely N-dealkylation sites (tertiary alicyclic amines) is 2. The highest BCUT2D eigenvalue weighted by atomic mass is 19.1. The van der Waals surface area contributed by atoms with E-state index in [9.17, 15) is 14.0 Å². The third kappa shape index (κ3) is 3.29. The average molecular weight is 344 g/mol. The van der Waals surface area contributed by atoms with Gasteiger partial charge >= 0.3 is 0 Å². The van der Waals surface area contributed by atoms with E-state index in [-0.39, 0.29) is 23.1 Å². The average Bonchev–Trinajstić information content (AvgIpc) is 3.23. The maximum atomic E-state index is 13.4. The van der Waals surface area contributed by atoms with Gasteiger partial charge in [0.15, 0.2) is 0 Å². The molecule has 4 rings (SSSR count). The first kappa shape index (κ1) is 16.6. The summed E-state index contributed by atoms with van der Waals surface area (Å²) >= 11 is 0. The first-order valence-electron chi connectivity index (χ1n) is 9.27. The summed E-state index contributed by atoms with van der Waals surface area (Å²) < 4.78 is 13.4. The molecule has 2 amide bonds. The molecule has 1 aliphatic carbocycles. The third-order valence-electron chi connectivity index (χ3n) is 6.23. The Kier molecular flexibility index (Phi) is 4.05. The molecule has 0 bridgehead atoms.